The van der Waals surface area contributed by atoms with Crippen LogP contribution in [0.4, 0.5) is 0 Å². The topological polar surface area (TPSA) is 30.9 Å². The predicted octanol–water partition coefficient (Wildman–Crippen LogP) is 2.54. The van der Waals surface area contributed by atoms with Crippen molar-refractivity contribution in [2.24, 2.45) is 4.99 Å². The van der Waals surface area contributed by atoms with E-state index in [0.29, 0.717) is 12.0 Å². The summed E-state index contributed by atoms with van der Waals surface area (Å²) in [5, 5.41) is 3.49. The fourth-order valence-corrected chi connectivity index (χ4v) is 3.78. The molecular formula is C19H30N4. The van der Waals surface area contributed by atoms with Gasteiger partial charge in [0.05, 0.1) is 6.54 Å². The first-order valence-electron chi connectivity index (χ1n) is 9.06. The van der Waals surface area contributed by atoms with Gasteiger partial charge in [0.1, 0.15) is 0 Å². The van der Waals surface area contributed by atoms with Gasteiger partial charge in [-0.2, -0.15) is 0 Å². The highest BCUT2D eigenvalue weighted by atomic mass is 15.3. The van der Waals surface area contributed by atoms with Crippen molar-refractivity contribution < 1.29 is 0 Å². The summed E-state index contributed by atoms with van der Waals surface area (Å²) in [6, 6.07) is 11.5. The summed E-state index contributed by atoms with van der Waals surface area (Å²) in [6.07, 6.45) is 3.82. The maximum absolute atomic E-state index is 4.95. The highest BCUT2D eigenvalue weighted by Crippen LogP contribution is 2.27. The molecule has 2 heterocycles. The Bertz CT molecular complexity index is 513. The molecule has 23 heavy (non-hydrogen) atoms. The summed E-state index contributed by atoms with van der Waals surface area (Å²) < 4.78 is 0. The second kappa shape index (κ2) is 7.82. The maximum Gasteiger partial charge on any atom is 0.193 e. The molecule has 0 saturated carbocycles. The first-order chi connectivity index (χ1) is 11.3. The van der Waals surface area contributed by atoms with Crippen molar-refractivity contribution >= 4 is 5.96 Å². The van der Waals surface area contributed by atoms with Gasteiger partial charge in [0.2, 0.25) is 0 Å². The largest absolute Gasteiger partial charge is 0.357 e. The Morgan fingerprint density at radius 1 is 1.22 bits per heavy atom. The fourth-order valence-electron chi connectivity index (χ4n) is 3.78. The van der Waals surface area contributed by atoms with Gasteiger partial charge >= 0.3 is 0 Å². The number of likely N-dealkylation sites (tertiary alicyclic amines) is 2. The van der Waals surface area contributed by atoms with Crippen molar-refractivity contribution in [1.29, 1.82) is 0 Å². The normalized spacial score (nSPS) is 26.0. The molecule has 1 aromatic rings. The molecule has 3 rings (SSSR count). The fraction of sp³-hybridized carbons (Fsp3) is 0.632. The lowest BCUT2D eigenvalue weighted by molar-refractivity contribution is 0.316. The number of likely N-dealkylation sites (N-methyl/N-ethyl adjacent to an activating group) is 1. The van der Waals surface area contributed by atoms with Crippen LogP contribution in [0.5, 0.6) is 0 Å². The average Bonchev–Trinajstić information content (AvgIpc) is 3.22. The van der Waals surface area contributed by atoms with Crippen LogP contribution < -0.4 is 5.32 Å². The highest BCUT2D eigenvalue weighted by Gasteiger charge is 2.26. The van der Waals surface area contributed by atoms with E-state index in [1.165, 1.54) is 31.4 Å². The molecule has 4 nitrogen and oxygen atoms in total. The van der Waals surface area contributed by atoms with Gasteiger partial charge in [-0.05, 0) is 45.3 Å². The van der Waals surface area contributed by atoms with Gasteiger partial charge in [-0.25, -0.2) is 0 Å². The highest BCUT2D eigenvalue weighted by molar-refractivity contribution is 5.80. The molecule has 2 saturated heterocycles. The molecule has 2 unspecified atom stereocenters. The van der Waals surface area contributed by atoms with Crippen LogP contribution >= 0.6 is 0 Å². The Morgan fingerprint density at radius 2 is 2.04 bits per heavy atom. The van der Waals surface area contributed by atoms with Crippen LogP contribution in [0.15, 0.2) is 35.3 Å². The molecule has 4 heteroatoms. The molecule has 1 N–H and O–H groups in total. The Labute approximate surface area is 140 Å². The lowest BCUT2D eigenvalue weighted by Crippen LogP contribution is -2.41. The minimum atomic E-state index is 0.621. The summed E-state index contributed by atoms with van der Waals surface area (Å²) in [7, 11) is 2.22. The zero-order valence-corrected chi connectivity index (χ0v) is 14.5. The Hall–Kier alpha value is -1.55. The molecule has 126 valence electrons. The molecule has 1 aromatic carbocycles. The second-order valence-electron chi connectivity index (χ2n) is 6.81. The third-order valence-electron chi connectivity index (χ3n) is 5.22. The van der Waals surface area contributed by atoms with Crippen molar-refractivity contribution in [3.8, 4) is 0 Å². The summed E-state index contributed by atoms with van der Waals surface area (Å²) in [5.41, 5.74) is 1.46. The minimum absolute atomic E-state index is 0.621. The van der Waals surface area contributed by atoms with Crippen molar-refractivity contribution in [1.82, 2.24) is 15.1 Å². The zero-order chi connectivity index (χ0) is 16.1. The van der Waals surface area contributed by atoms with E-state index in [9.17, 15) is 0 Å². The first-order valence-corrected chi connectivity index (χ1v) is 9.06. The summed E-state index contributed by atoms with van der Waals surface area (Å²) in [6.45, 7) is 7.41. The molecule has 0 radical (unpaired) electrons. The third kappa shape index (κ3) is 4.05. The number of nitrogens with zero attached hydrogens (tertiary/aromatic N) is 3. The predicted molar refractivity (Wildman–Crippen MR) is 97.0 cm³/mol. The maximum atomic E-state index is 4.95. The van der Waals surface area contributed by atoms with Gasteiger partial charge in [-0.15, -0.1) is 0 Å². The van der Waals surface area contributed by atoms with E-state index in [4.69, 9.17) is 4.99 Å². The van der Waals surface area contributed by atoms with Gasteiger partial charge in [0.25, 0.3) is 0 Å². The van der Waals surface area contributed by atoms with Crippen LogP contribution in [0.3, 0.4) is 0 Å². The van der Waals surface area contributed by atoms with Crippen LogP contribution in [0.2, 0.25) is 0 Å². The van der Waals surface area contributed by atoms with E-state index in [0.717, 1.165) is 32.1 Å². The van der Waals surface area contributed by atoms with E-state index in [-0.39, 0.29) is 0 Å². The average molecular weight is 314 g/mol. The van der Waals surface area contributed by atoms with Gasteiger partial charge in [0, 0.05) is 31.6 Å². The van der Waals surface area contributed by atoms with E-state index >= 15 is 0 Å². The number of nitrogens with one attached hydrogen (secondary N) is 1. The Morgan fingerprint density at radius 3 is 2.74 bits per heavy atom. The van der Waals surface area contributed by atoms with Crippen LogP contribution in [0, 0.1) is 0 Å². The molecule has 0 spiro atoms. The second-order valence-corrected chi connectivity index (χ2v) is 6.81. The van der Waals surface area contributed by atoms with Gasteiger partial charge in [0.15, 0.2) is 5.96 Å². The van der Waals surface area contributed by atoms with Crippen molar-refractivity contribution in [2.45, 2.75) is 38.1 Å². The monoisotopic (exact) mass is 314 g/mol. The molecule has 0 bridgehead atoms. The van der Waals surface area contributed by atoms with Crippen molar-refractivity contribution in [3.05, 3.63) is 35.9 Å². The van der Waals surface area contributed by atoms with Crippen molar-refractivity contribution in [3.63, 3.8) is 0 Å². The first kappa shape index (κ1) is 16.3. The van der Waals surface area contributed by atoms with E-state index in [2.05, 4.69) is 59.4 Å². The van der Waals surface area contributed by atoms with Gasteiger partial charge in [-0.1, -0.05) is 30.3 Å². The van der Waals surface area contributed by atoms with Gasteiger partial charge in [-0.3, -0.25) is 4.99 Å². The third-order valence-corrected chi connectivity index (χ3v) is 5.22. The quantitative estimate of drug-likeness (QED) is 0.684. The lowest BCUT2D eigenvalue weighted by Gasteiger charge is -2.23. The van der Waals surface area contributed by atoms with Gasteiger partial charge < -0.3 is 15.1 Å². The molecule has 2 atom stereocenters. The van der Waals surface area contributed by atoms with Crippen molar-refractivity contribution in [2.75, 3.05) is 39.8 Å². The zero-order valence-electron chi connectivity index (χ0n) is 14.5. The molecule has 2 aliphatic heterocycles. The summed E-state index contributed by atoms with van der Waals surface area (Å²) >= 11 is 0. The summed E-state index contributed by atoms with van der Waals surface area (Å²) in [4.78, 5) is 9.83. The molecule has 0 aliphatic carbocycles. The van der Waals surface area contributed by atoms with E-state index < -0.39 is 0 Å². The number of rotatable bonds is 4. The molecule has 2 fully saturated rings. The van der Waals surface area contributed by atoms with E-state index in [1.807, 2.05) is 0 Å². The molecule has 2 aliphatic rings. The standard InChI is InChI=1S/C19H30N4/c1-3-20-19(21-14-18-10-7-12-22(18)2)23-13-11-17(15-23)16-8-5-4-6-9-16/h4-6,8-9,17-18H,3,7,10-15H2,1-2H3,(H,20,21). The SMILES string of the molecule is CCNC(=NCC1CCCN1C)N1CCC(c2ccccc2)C1. The number of guanidine groups is 1. The lowest BCUT2D eigenvalue weighted by atomic mass is 9.99. The Balaban J connectivity index is 1.62. The van der Waals surface area contributed by atoms with Crippen LogP contribution in [-0.2, 0) is 0 Å². The van der Waals surface area contributed by atoms with Crippen LogP contribution in [-0.4, -0.2) is 61.6 Å². The van der Waals surface area contributed by atoms with Crippen LogP contribution in [0.1, 0.15) is 37.7 Å². The minimum Gasteiger partial charge on any atom is -0.357 e. The Kier molecular flexibility index (Phi) is 5.55. The molecular weight excluding hydrogens is 284 g/mol. The molecule has 0 amide bonds. The number of aliphatic imine (C=N–C) groups is 1. The smallest absolute Gasteiger partial charge is 0.193 e. The van der Waals surface area contributed by atoms with Crippen LogP contribution in [0.25, 0.3) is 0 Å². The van der Waals surface area contributed by atoms with E-state index in [1.54, 1.807) is 0 Å². The summed E-state index contributed by atoms with van der Waals surface area (Å²) in [5.74, 6) is 1.74. The number of benzene rings is 1. The molecule has 0 aromatic heterocycles. The number of hydrogen-bond acceptors (Lipinski definition) is 2. The number of hydrogen-bond donors (Lipinski definition) is 1.